The second kappa shape index (κ2) is 5.61. The van der Waals surface area contributed by atoms with Crippen LogP contribution in [-0.2, 0) is 9.53 Å². The van der Waals surface area contributed by atoms with E-state index in [4.69, 9.17) is 4.74 Å². The van der Waals surface area contributed by atoms with Gasteiger partial charge >= 0.3 is 0 Å². The van der Waals surface area contributed by atoms with Crippen LogP contribution in [-0.4, -0.2) is 43.0 Å². The number of Topliss-reactive ketones (excluding diaryl/α,β-unsaturated/α-hetero) is 1. The first-order chi connectivity index (χ1) is 7.34. The molecule has 0 spiro atoms. The molecule has 86 valence electrons. The number of nitrogens with zero attached hydrogens (tertiary/aromatic N) is 1. The van der Waals surface area contributed by atoms with Gasteiger partial charge in [-0.05, 0) is 12.8 Å². The van der Waals surface area contributed by atoms with Gasteiger partial charge < -0.3 is 9.64 Å². The number of hydrogen-bond acceptors (Lipinski definition) is 3. The number of ketones is 1. The number of carbonyl (C=O) groups excluding carboxylic acids is 1. The van der Waals surface area contributed by atoms with Gasteiger partial charge in [0.25, 0.3) is 0 Å². The topological polar surface area (TPSA) is 29.5 Å². The number of piperidine rings is 1. The zero-order valence-electron chi connectivity index (χ0n) is 9.41. The van der Waals surface area contributed by atoms with Gasteiger partial charge in [-0.3, -0.25) is 4.79 Å². The highest BCUT2D eigenvalue weighted by atomic mass is 16.5. The Bertz CT molecular complexity index is 202. The summed E-state index contributed by atoms with van der Waals surface area (Å²) in [4.78, 5) is 13.4. The highest BCUT2D eigenvalue weighted by Gasteiger charge is 2.18. The standard InChI is InChI=1S/C12H21NO2/c14-11-5-7-13(8-6-11)9-10-15-12-3-1-2-4-12/h12H,1-10H2. The molecule has 15 heavy (non-hydrogen) atoms. The molecule has 2 rings (SSSR count). The van der Waals surface area contributed by atoms with E-state index >= 15 is 0 Å². The summed E-state index contributed by atoms with van der Waals surface area (Å²) in [6.07, 6.45) is 7.17. The Kier molecular flexibility index (Phi) is 4.15. The molecule has 1 saturated carbocycles. The van der Waals surface area contributed by atoms with E-state index < -0.39 is 0 Å². The van der Waals surface area contributed by atoms with Crippen LogP contribution >= 0.6 is 0 Å². The summed E-state index contributed by atoms with van der Waals surface area (Å²) in [5.74, 6) is 0.419. The van der Waals surface area contributed by atoms with Gasteiger partial charge in [0.15, 0.2) is 0 Å². The average molecular weight is 211 g/mol. The molecule has 0 radical (unpaired) electrons. The van der Waals surface area contributed by atoms with Gasteiger partial charge in [-0.15, -0.1) is 0 Å². The molecule has 0 aromatic heterocycles. The van der Waals surface area contributed by atoms with Crippen molar-refractivity contribution in [1.82, 2.24) is 4.90 Å². The van der Waals surface area contributed by atoms with Crippen molar-refractivity contribution in [3.8, 4) is 0 Å². The largest absolute Gasteiger partial charge is 0.377 e. The second-order valence-electron chi connectivity index (χ2n) is 4.66. The van der Waals surface area contributed by atoms with Gasteiger partial charge in [-0.1, -0.05) is 12.8 Å². The van der Waals surface area contributed by atoms with Crippen molar-refractivity contribution in [3.63, 3.8) is 0 Å². The third-order valence-corrected chi connectivity index (χ3v) is 3.48. The summed E-state index contributed by atoms with van der Waals surface area (Å²) in [7, 11) is 0. The third kappa shape index (κ3) is 3.58. The Morgan fingerprint density at radius 2 is 1.87 bits per heavy atom. The minimum atomic E-state index is 0.419. The predicted molar refractivity (Wildman–Crippen MR) is 58.9 cm³/mol. The summed E-state index contributed by atoms with van der Waals surface area (Å²) in [5, 5.41) is 0. The Morgan fingerprint density at radius 3 is 2.53 bits per heavy atom. The van der Waals surface area contributed by atoms with Crippen LogP contribution in [0.3, 0.4) is 0 Å². The van der Waals surface area contributed by atoms with Gasteiger partial charge in [0.2, 0.25) is 0 Å². The SMILES string of the molecule is O=C1CCN(CCOC2CCCC2)CC1. The second-order valence-corrected chi connectivity index (χ2v) is 4.66. The first kappa shape index (κ1) is 11.1. The van der Waals surface area contributed by atoms with Gasteiger partial charge in [-0.2, -0.15) is 0 Å². The predicted octanol–water partition coefficient (Wildman–Crippen LogP) is 1.61. The van der Waals surface area contributed by atoms with Gasteiger partial charge in [0.1, 0.15) is 5.78 Å². The third-order valence-electron chi connectivity index (χ3n) is 3.48. The minimum Gasteiger partial charge on any atom is -0.377 e. The van der Waals surface area contributed by atoms with E-state index in [1.54, 1.807) is 0 Å². The van der Waals surface area contributed by atoms with E-state index in [0.29, 0.717) is 11.9 Å². The fourth-order valence-corrected chi connectivity index (χ4v) is 2.43. The molecule has 0 bridgehead atoms. The number of carbonyl (C=O) groups is 1. The number of ether oxygens (including phenoxy) is 1. The highest BCUT2D eigenvalue weighted by molar-refractivity contribution is 5.79. The molecule has 0 unspecified atom stereocenters. The lowest BCUT2D eigenvalue weighted by Crippen LogP contribution is -2.36. The molecular weight excluding hydrogens is 190 g/mol. The molecule has 1 aliphatic heterocycles. The molecule has 2 fully saturated rings. The van der Waals surface area contributed by atoms with Crippen LogP contribution in [0, 0.1) is 0 Å². The maximum Gasteiger partial charge on any atom is 0.135 e. The van der Waals surface area contributed by atoms with Gasteiger partial charge in [0, 0.05) is 32.5 Å². The van der Waals surface area contributed by atoms with Crippen LogP contribution in [0.4, 0.5) is 0 Å². The summed E-state index contributed by atoms with van der Waals surface area (Å²) >= 11 is 0. The van der Waals surface area contributed by atoms with E-state index in [2.05, 4.69) is 4.90 Å². The maximum atomic E-state index is 11.0. The zero-order valence-corrected chi connectivity index (χ0v) is 9.41. The summed E-state index contributed by atoms with van der Waals surface area (Å²) < 4.78 is 5.81. The van der Waals surface area contributed by atoms with E-state index in [1.165, 1.54) is 25.7 Å². The Morgan fingerprint density at radius 1 is 1.20 bits per heavy atom. The van der Waals surface area contributed by atoms with Crippen molar-refractivity contribution in [2.24, 2.45) is 0 Å². The molecule has 1 saturated heterocycles. The molecule has 3 nitrogen and oxygen atoms in total. The van der Waals surface area contributed by atoms with Gasteiger partial charge in [-0.25, -0.2) is 0 Å². The van der Waals surface area contributed by atoms with Crippen LogP contribution in [0.1, 0.15) is 38.5 Å². The van der Waals surface area contributed by atoms with Crippen LogP contribution in [0.5, 0.6) is 0 Å². The molecule has 0 aromatic carbocycles. The lowest BCUT2D eigenvalue weighted by molar-refractivity contribution is -0.121. The van der Waals surface area contributed by atoms with E-state index in [1.807, 2.05) is 0 Å². The first-order valence-corrected chi connectivity index (χ1v) is 6.20. The molecule has 0 amide bonds. The summed E-state index contributed by atoms with van der Waals surface area (Å²) in [6, 6.07) is 0. The molecule has 3 heteroatoms. The number of likely N-dealkylation sites (tertiary alicyclic amines) is 1. The number of rotatable bonds is 4. The van der Waals surface area contributed by atoms with Crippen molar-refractivity contribution in [2.75, 3.05) is 26.2 Å². The van der Waals surface area contributed by atoms with Crippen molar-refractivity contribution in [3.05, 3.63) is 0 Å². The maximum absolute atomic E-state index is 11.0. The van der Waals surface area contributed by atoms with E-state index in [9.17, 15) is 4.79 Å². The van der Waals surface area contributed by atoms with Crippen LogP contribution in [0.2, 0.25) is 0 Å². The lowest BCUT2D eigenvalue weighted by atomic mass is 10.1. The van der Waals surface area contributed by atoms with Crippen LogP contribution in [0.15, 0.2) is 0 Å². The normalized spacial score (nSPS) is 24.9. The zero-order chi connectivity index (χ0) is 10.5. The van der Waals surface area contributed by atoms with E-state index in [0.717, 1.165) is 39.1 Å². The Hall–Kier alpha value is -0.410. The first-order valence-electron chi connectivity index (χ1n) is 6.20. The molecule has 0 atom stereocenters. The molecule has 1 aliphatic carbocycles. The molecule has 2 aliphatic rings. The molecular formula is C12H21NO2. The fraction of sp³-hybridized carbons (Fsp3) is 0.917. The molecule has 1 heterocycles. The fourth-order valence-electron chi connectivity index (χ4n) is 2.43. The van der Waals surface area contributed by atoms with Crippen LogP contribution < -0.4 is 0 Å². The quantitative estimate of drug-likeness (QED) is 0.707. The summed E-state index contributed by atoms with van der Waals surface area (Å²) in [6.45, 7) is 3.72. The smallest absolute Gasteiger partial charge is 0.135 e. The van der Waals surface area contributed by atoms with Crippen molar-refractivity contribution >= 4 is 5.78 Å². The lowest BCUT2D eigenvalue weighted by Gasteiger charge is -2.26. The average Bonchev–Trinajstić information content (AvgIpc) is 2.74. The Labute approximate surface area is 91.8 Å². The molecule has 0 N–H and O–H groups in total. The minimum absolute atomic E-state index is 0.419. The highest BCUT2D eigenvalue weighted by Crippen LogP contribution is 2.20. The van der Waals surface area contributed by atoms with Crippen LogP contribution in [0.25, 0.3) is 0 Å². The van der Waals surface area contributed by atoms with E-state index in [-0.39, 0.29) is 0 Å². The Balaban J connectivity index is 1.55. The van der Waals surface area contributed by atoms with Crippen molar-refractivity contribution in [1.29, 1.82) is 0 Å². The van der Waals surface area contributed by atoms with Crippen molar-refractivity contribution < 1.29 is 9.53 Å². The van der Waals surface area contributed by atoms with Crippen molar-refractivity contribution in [2.45, 2.75) is 44.6 Å². The number of hydrogen-bond donors (Lipinski definition) is 0. The van der Waals surface area contributed by atoms with Gasteiger partial charge in [0.05, 0.1) is 12.7 Å². The molecule has 0 aromatic rings. The summed E-state index contributed by atoms with van der Waals surface area (Å²) in [5.41, 5.74) is 0. The monoisotopic (exact) mass is 211 g/mol.